The van der Waals surface area contributed by atoms with Gasteiger partial charge in [-0.1, -0.05) is 12.2 Å². The van der Waals surface area contributed by atoms with E-state index in [-0.39, 0.29) is 6.61 Å². The molecule has 2 N–H and O–H groups in total. The Balaban J connectivity index is 3.96. The van der Waals surface area contributed by atoms with Crippen molar-refractivity contribution in [3.63, 3.8) is 0 Å². The van der Waals surface area contributed by atoms with Crippen molar-refractivity contribution >= 4 is 0 Å². The van der Waals surface area contributed by atoms with E-state index in [1.165, 1.54) is 0 Å². The van der Waals surface area contributed by atoms with Gasteiger partial charge in [-0.15, -0.1) is 13.2 Å². The predicted molar refractivity (Wildman–Crippen MR) is 50.9 cm³/mol. The SMILES string of the molecule is C=CCC(O)(CC=C)CCCO. The Morgan fingerprint density at radius 1 is 1.17 bits per heavy atom. The lowest BCUT2D eigenvalue weighted by Crippen LogP contribution is -2.27. The summed E-state index contributed by atoms with van der Waals surface area (Å²) >= 11 is 0. The van der Waals surface area contributed by atoms with E-state index in [0.29, 0.717) is 25.7 Å². The van der Waals surface area contributed by atoms with Crippen molar-refractivity contribution in [1.82, 2.24) is 0 Å². The maximum Gasteiger partial charge on any atom is 0.0716 e. The fourth-order valence-electron chi connectivity index (χ4n) is 1.23. The molecule has 0 saturated heterocycles. The summed E-state index contributed by atoms with van der Waals surface area (Å²) in [5.41, 5.74) is -0.744. The second-order valence-electron chi connectivity index (χ2n) is 3.04. The molecular weight excluding hydrogens is 152 g/mol. The van der Waals surface area contributed by atoms with Crippen LogP contribution in [0.5, 0.6) is 0 Å². The number of rotatable bonds is 7. The lowest BCUT2D eigenvalue weighted by molar-refractivity contribution is 0.0308. The summed E-state index contributed by atoms with van der Waals surface area (Å²) in [6.45, 7) is 7.28. The molecule has 0 bridgehead atoms. The fourth-order valence-corrected chi connectivity index (χ4v) is 1.23. The Morgan fingerprint density at radius 3 is 2.00 bits per heavy atom. The van der Waals surface area contributed by atoms with Crippen LogP contribution in [-0.4, -0.2) is 22.4 Å². The van der Waals surface area contributed by atoms with Gasteiger partial charge < -0.3 is 10.2 Å². The minimum absolute atomic E-state index is 0.122. The van der Waals surface area contributed by atoms with Gasteiger partial charge in [0, 0.05) is 6.61 Å². The van der Waals surface area contributed by atoms with E-state index in [2.05, 4.69) is 13.2 Å². The molecule has 12 heavy (non-hydrogen) atoms. The predicted octanol–water partition coefficient (Wildman–Crippen LogP) is 1.64. The Kier molecular flexibility index (Phi) is 5.68. The normalized spacial score (nSPS) is 11.2. The van der Waals surface area contributed by atoms with Crippen LogP contribution < -0.4 is 0 Å². The van der Waals surface area contributed by atoms with Gasteiger partial charge in [-0.3, -0.25) is 0 Å². The van der Waals surface area contributed by atoms with Gasteiger partial charge in [0.05, 0.1) is 5.60 Å². The van der Waals surface area contributed by atoms with Crippen LogP contribution in [0.1, 0.15) is 25.7 Å². The monoisotopic (exact) mass is 170 g/mol. The quantitative estimate of drug-likeness (QED) is 0.570. The summed E-state index contributed by atoms with van der Waals surface area (Å²) in [5, 5.41) is 18.5. The summed E-state index contributed by atoms with van der Waals surface area (Å²) in [6, 6.07) is 0. The lowest BCUT2D eigenvalue weighted by Gasteiger charge is -2.25. The van der Waals surface area contributed by atoms with Crippen LogP contribution in [0.25, 0.3) is 0 Å². The number of aliphatic hydroxyl groups is 2. The van der Waals surface area contributed by atoms with Crippen LogP contribution >= 0.6 is 0 Å². The molecule has 0 heterocycles. The van der Waals surface area contributed by atoms with E-state index in [4.69, 9.17) is 5.11 Å². The first kappa shape index (κ1) is 11.4. The molecule has 0 atom stereocenters. The molecule has 0 aliphatic carbocycles. The fraction of sp³-hybridized carbons (Fsp3) is 0.600. The van der Waals surface area contributed by atoms with E-state index < -0.39 is 5.60 Å². The van der Waals surface area contributed by atoms with Crippen LogP contribution in [0, 0.1) is 0 Å². The molecular formula is C10H18O2. The molecule has 0 aliphatic heterocycles. The molecule has 0 aliphatic rings. The topological polar surface area (TPSA) is 40.5 Å². The Labute approximate surface area is 74.2 Å². The maximum atomic E-state index is 9.89. The van der Waals surface area contributed by atoms with Crippen molar-refractivity contribution in [3.05, 3.63) is 25.3 Å². The zero-order valence-electron chi connectivity index (χ0n) is 7.50. The highest BCUT2D eigenvalue weighted by atomic mass is 16.3. The molecule has 0 rings (SSSR count). The molecule has 2 heteroatoms. The van der Waals surface area contributed by atoms with Crippen molar-refractivity contribution in [3.8, 4) is 0 Å². The highest BCUT2D eigenvalue weighted by Gasteiger charge is 2.22. The number of hydrogen-bond donors (Lipinski definition) is 2. The van der Waals surface area contributed by atoms with Crippen LogP contribution in [0.15, 0.2) is 25.3 Å². The largest absolute Gasteiger partial charge is 0.396 e. The molecule has 2 nitrogen and oxygen atoms in total. The van der Waals surface area contributed by atoms with Crippen LogP contribution in [0.3, 0.4) is 0 Å². The van der Waals surface area contributed by atoms with Gasteiger partial charge in [0.15, 0.2) is 0 Å². The first-order chi connectivity index (χ1) is 5.68. The van der Waals surface area contributed by atoms with Gasteiger partial charge >= 0.3 is 0 Å². The van der Waals surface area contributed by atoms with Crippen LogP contribution in [0.2, 0.25) is 0 Å². The third-order valence-electron chi connectivity index (χ3n) is 1.85. The number of hydrogen-bond acceptors (Lipinski definition) is 2. The Morgan fingerprint density at radius 2 is 1.67 bits per heavy atom. The average Bonchev–Trinajstić information content (AvgIpc) is 2.02. The van der Waals surface area contributed by atoms with E-state index in [1.807, 2.05) is 0 Å². The lowest BCUT2D eigenvalue weighted by atomic mass is 9.90. The summed E-state index contributed by atoms with van der Waals surface area (Å²) in [4.78, 5) is 0. The summed E-state index contributed by atoms with van der Waals surface area (Å²) in [5.74, 6) is 0. The highest BCUT2D eigenvalue weighted by Crippen LogP contribution is 2.22. The minimum atomic E-state index is -0.744. The molecule has 0 unspecified atom stereocenters. The summed E-state index contributed by atoms with van der Waals surface area (Å²) < 4.78 is 0. The number of aliphatic hydroxyl groups excluding tert-OH is 1. The van der Waals surface area contributed by atoms with E-state index in [0.717, 1.165) is 0 Å². The van der Waals surface area contributed by atoms with Crippen molar-refractivity contribution in [2.24, 2.45) is 0 Å². The van der Waals surface area contributed by atoms with Gasteiger partial charge in [-0.25, -0.2) is 0 Å². The van der Waals surface area contributed by atoms with Gasteiger partial charge in [0.2, 0.25) is 0 Å². The smallest absolute Gasteiger partial charge is 0.0716 e. The molecule has 0 aromatic heterocycles. The molecule has 0 amide bonds. The summed E-state index contributed by atoms with van der Waals surface area (Å²) in [6.07, 6.45) is 5.72. The van der Waals surface area contributed by atoms with Gasteiger partial charge in [-0.2, -0.15) is 0 Å². The van der Waals surface area contributed by atoms with Gasteiger partial charge in [0.25, 0.3) is 0 Å². The minimum Gasteiger partial charge on any atom is -0.396 e. The molecule has 0 spiro atoms. The third kappa shape index (κ3) is 4.31. The second kappa shape index (κ2) is 5.98. The van der Waals surface area contributed by atoms with Crippen LogP contribution in [0.4, 0.5) is 0 Å². The molecule has 0 radical (unpaired) electrons. The molecule has 0 aromatic carbocycles. The molecule has 0 aromatic rings. The Hall–Kier alpha value is -0.600. The van der Waals surface area contributed by atoms with Crippen molar-refractivity contribution < 1.29 is 10.2 Å². The Bertz CT molecular complexity index is 131. The van der Waals surface area contributed by atoms with Gasteiger partial charge in [-0.05, 0) is 25.7 Å². The zero-order chi connectivity index (χ0) is 9.45. The van der Waals surface area contributed by atoms with Crippen molar-refractivity contribution in [1.29, 1.82) is 0 Å². The van der Waals surface area contributed by atoms with Crippen molar-refractivity contribution in [2.45, 2.75) is 31.3 Å². The highest BCUT2D eigenvalue weighted by molar-refractivity contribution is 4.91. The third-order valence-corrected chi connectivity index (χ3v) is 1.85. The zero-order valence-corrected chi connectivity index (χ0v) is 7.50. The second-order valence-corrected chi connectivity index (χ2v) is 3.04. The average molecular weight is 170 g/mol. The van der Waals surface area contributed by atoms with Crippen molar-refractivity contribution in [2.75, 3.05) is 6.61 Å². The van der Waals surface area contributed by atoms with Gasteiger partial charge in [0.1, 0.15) is 0 Å². The molecule has 0 saturated carbocycles. The molecule has 70 valence electrons. The molecule has 0 fully saturated rings. The summed E-state index contributed by atoms with van der Waals surface area (Å²) in [7, 11) is 0. The first-order valence-electron chi connectivity index (χ1n) is 4.23. The van der Waals surface area contributed by atoms with E-state index >= 15 is 0 Å². The standard InChI is InChI=1S/C10H18O2/c1-3-6-10(12,7-4-2)8-5-9-11/h3-4,11-12H,1-2,5-9H2. The first-order valence-corrected chi connectivity index (χ1v) is 4.23. The maximum absolute atomic E-state index is 9.89. The van der Waals surface area contributed by atoms with E-state index in [9.17, 15) is 5.11 Å². The van der Waals surface area contributed by atoms with E-state index in [1.54, 1.807) is 12.2 Å². The van der Waals surface area contributed by atoms with Crippen LogP contribution in [-0.2, 0) is 0 Å².